The van der Waals surface area contributed by atoms with Gasteiger partial charge in [0, 0.05) is 30.2 Å². The zero-order chi connectivity index (χ0) is 17.4. The van der Waals surface area contributed by atoms with Gasteiger partial charge in [-0.3, -0.25) is 14.0 Å². The van der Waals surface area contributed by atoms with E-state index >= 15 is 0 Å². The molecule has 3 rings (SSSR count). The smallest absolute Gasteiger partial charge is 0.271 e. The highest BCUT2D eigenvalue weighted by molar-refractivity contribution is 7.15. The Bertz CT molecular complexity index is 968. The van der Waals surface area contributed by atoms with E-state index in [0.29, 0.717) is 10.8 Å². The van der Waals surface area contributed by atoms with Crippen LogP contribution in [0.1, 0.15) is 47.5 Å². The average molecular weight is 346 g/mol. The van der Waals surface area contributed by atoms with Crippen LogP contribution in [0.25, 0.3) is 4.96 Å². The van der Waals surface area contributed by atoms with Crippen molar-refractivity contribution in [3.05, 3.63) is 44.8 Å². The number of fused-ring (bicyclic) bond motifs is 1. The number of nitrogens with zero attached hydrogens (tertiary/aromatic N) is 5. The SMILES string of the molecule is Cc1csc2ncc(C(=O)NCc3nnc(C(C)C)n3C)c(=O)n12. The van der Waals surface area contributed by atoms with Crippen molar-refractivity contribution in [3.8, 4) is 0 Å². The minimum absolute atomic E-state index is 0.0141. The van der Waals surface area contributed by atoms with Crippen molar-refractivity contribution in [2.75, 3.05) is 0 Å². The molecule has 0 radical (unpaired) electrons. The highest BCUT2D eigenvalue weighted by atomic mass is 32.1. The topological polar surface area (TPSA) is 94.2 Å². The molecule has 9 heteroatoms. The van der Waals surface area contributed by atoms with Crippen LogP contribution in [0.5, 0.6) is 0 Å². The molecule has 0 saturated heterocycles. The van der Waals surface area contributed by atoms with Gasteiger partial charge in [0.05, 0.1) is 6.54 Å². The number of hydrogen-bond donors (Lipinski definition) is 1. The second kappa shape index (κ2) is 6.16. The lowest BCUT2D eigenvalue weighted by atomic mass is 10.2. The minimum Gasteiger partial charge on any atom is -0.345 e. The fraction of sp³-hybridized carbons (Fsp3) is 0.400. The Morgan fingerprint density at radius 3 is 2.79 bits per heavy atom. The number of nitrogens with one attached hydrogen (secondary N) is 1. The number of hydrogen-bond acceptors (Lipinski definition) is 6. The Hall–Kier alpha value is -2.55. The standard InChI is InChI=1S/C15H18N6O2S/c1-8(2)12-19-18-11(20(12)4)6-16-13(22)10-5-17-15-21(14(10)23)9(3)7-24-15/h5,7-8H,6H2,1-4H3,(H,16,22). The number of carbonyl (C=O) groups is 1. The molecule has 0 aromatic carbocycles. The van der Waals surface area contributed by atoms with Crippen LogP contribution in [-0.2, 0) is 13.6 Å². The molecule has 0 spiro atoms. The molecule has 0 fully saturated rings. The van der Waals surface area contributed by atoms with Gasteiger partial charge in [0.2, 0.25) is 0 Å². The first kappa shape index (κ1) is 16.3. The van der Waals surface area contributed by atoms with E-state index in [1.165, 1.54) is 21.9 Å². The van der Waals surface area contributed by atoms with E-state index in [1.807, 2.05) is 30.8 Å². The maximum absolute atomic E-state index is 12.5. The van der Waals surface area contributed by atoms with Crippen LogP contribution < -0.4 is 10.9 Å². The molecule has 0 atom stereocenters. The Morgan fingerprint density at radius 2 is 2.12 bits per heavy atom. The van der Waals surface area contributed by atoms with Crippen LogP contribution in [0.4, 0.5) is 0 Å². The van der Waals surface area contributed by atoms with Crippen molar-refractivity contribution in [3.63, 3.8) is 0 Å². The van der Waals surface area contributed by atoms with Gasteiger partial charge in [-0.1, -0.05) is 13.8 Å². The first-order valence-electron chi connectivity index (χ1n) is 7.52. The van der Waals surface area contributed by atoms with Crippen molar-refractivity contribution in [1.82, 2.24) is 29.5 Å². The molecule has 0 unspecified atom stereocenters. The van der Waals surface area contributed by atoms with Crippen LogP contribution in [0.15, 0.2) is 16.4 Å². The largest absolute Gasteiger partial charge is 0.345 e. The second-order valence-electron chi connectivity index (χ2n) is 5.84. The van der Waals surface area contributed by atoms with E-state index in [0.717, 1.165) is 11.5 Å². The maximum atomic E-state index is 12.5. The van der Waals surface area contributed by atoms with E-state index in [4.69, 9.17) is 0 Å². The van der Waals surface area contributed by atoms with Crippen LogP contribution >= 0.6 is 11.3 Å². The molecular weight excluding hydrogens is 328 g/mol. The quantitative estimate of drug-likeness (QED) is 0.767. The molecule has 24 heavy (non-hydrogen) atoms. The maximum Gasteiger partial charge on any atom is 0.271 e. The molecule has 3 heterocycles. The van der Waals surface area contributed by atoms with E-state index < -0.39 is 5.91 Å². The first-order chi connectivity index (χ1) is 11.4. The molecule has 0 aliphatic heterocycles. The molecule has 0 saturated carbocycles. The third-order valence-electron chi connectivity index (χ3n) is 3.78. The number of amides is 1. The van der Waals surface area contributed by atoms with Crippen molar-refractivity contribution in [1.29, 1.82) is 0 Å². The Morgan fingerprint density at radius 1 is 1.38 bits per heavy atom. The minimum atomic E-state index is -0.471. The van der Waals surface area contributed by atoms with Gasteiger partial charge in [0.25, 0.3) is 11.5 Å². The van der Waals surface area contributed by atoms with Gasteiger partial charge >= 0.3 is 0 Å². The van der Waals surface area contributed by atoms with Gasteiger partial charge in [-0.25, -0.2) is 4.98 Å². The number of aromatic nitrogens is 5. The number of carbonyl (C=O) groups excluding carboxylic acids is 1. The highest BCUT2D eigenvalue weighted by Gasteiger charge is 2.17. The van der Waals surface area contributed by atoms with Crippen molar-refractivity contribution < 1.29 is 4.79 Å². The van der Waals surface area contributed by atoms with Gasteiger partial charge in [-0.15, -0.1) is 21.5 Å². The summed E-state index contributed by atoms with van der Waals surface area (Å²) in [6.45, 7) is 6.05. The fourth-order valence-corrected chi connectivity index (χ4v) is 3.29. The lowest BCUT2D eigenvalue weighted by Crippen LogP contribution is -2.32. The normalized spacial score (nSPS) is 11.4. The lowest BCUT2D eigenvalue weighted by Gasteiger charge is -2.07. The summed E-state index contributed by atoms with van der Waals surface area (Å²) in [7, 11) is 1.86. The van der Waals surface area contributed by atoms with Gasteiger partial charge in [0.15, 0.2) is 10.8 Å². The van der Waals surface area contributed by atoms with E-state index in [2.05, 4.69) is 20.5 Å². The summed E-state index contributed by atoms with van der Waals surface area (Å²) in [4.78, 5) is 29.6. The summed E-state index contributed by atoms with van der Waals surface area (Å²) in [6.07, 6.45) is 1.32. The van der Waals surface area contributed by atoms with E-state index in [9.17, 15) is 9.59 Å². The molecular formula is C15H18N6O2S. The third kappa shape index (κ3) is 2.71. The number of aryl methyl sites for hydroxylation is 1. The molecule has 126 valence electrons. The average Bonchev–Trinajstić information content (AvgIpc) is 3.09. The summed E-state index contributed by atoms with van der Waals surface area (Å²) in [5, 5.41) is 12.7. The summed E-state index contributed by atoms with van der Waals surface area (Å²) in [5.41, 5.74) is 0.411. The van der Waals surface area contributed by atoms with Gasteiger partial charge in [-0.05, 0) is 6.92 Å². The molecule has 3 aromatic heterocycles. The summed E-state index contributed by atoms with van der Waals surface area (Å²) in [5.74, 6) is 1.25. The van der Waals surface area contributed by atoms with Crippen LogP contribution in [-0.4, -0.2) is 30.1 Å². The number of rotatable bonds is 4. The molecule has 0 aliphatic rings. The Labute approximate surface area is 142 Å². The van der Waals surface area contributed by atoms with Gasteiger partial charge in [0.1, 0.15) is 11.4 Å². The zero-order valence-electron chi connectivity index (χ0n) is 13.9. The summed E-state index contributed by atoms with van der Waals surface area (Å²) < 4.78 is 3.29. The highest BCUT2D eigenvalue weighted by Crippen LogP contribution is 2.12. The van der Waals surface area contributed by atoms with Crippen LogP contribution in [0.2, 0.25) is 0 Å². The predicted octanol–water partition coefficient (Wildman–Crippen LogP) is 1.25. The van der Waals surface area contributed by atoms with Crippen LogP contribution in [0.3, 0.4) is 0 Å². The van der Waals surface area contributed by atoms with Crippen molar-refractivity contribution in [2.24, 2.45) is 7.05 Å². The third-order valence-corrected chi connectivity index (χ3v) is 4.74. The Balaban J connectivity index is 1.82. The lowest BCUT2D eigenvalue weighted by molar-refractivity contribution is 0.0947. The Kier molecular flexibility index (Phi) is 4.18. The fourth-order valence-electron chi connectivity index (χ4n) is 2.47. The molecule has 0 bridgehead atoms. The number of thiazole rings is 1. The monoisotopic (exact) mass is 346 g/mol. The van der Waals surface area contributed by atoms with E-state index in [-0.39, 0.29) is 23.6 Å². The predicted molar refractivity (Wildman–Crippen MR) is 90.3 cm³/mol. The molecule has 1 amide bonds. The zero-order valence-corrected chi connectivity index (χ0v) is 14.7. The van der Waals surface area contributed by atoms with E-state index in [1.54, 1.807) is 6.92 Å². The molecule has 0 aliphatic carbocycles. The van der Waals surface area contributed by atoms with Crippen molar-refractivity contribution in [2.45, 2.75) is 33.2 Å². The summed E-state index contributed by atoms with van der Waals surface area (Å²) in [6, 6.07) is 0. The summed E-state index contributed by atoms with van der Waals surface area (Å²) >= 11 is 1.36. The molecule has 8 nitrogen and oxygen atoms in total. The van der Waals surface area contributed by atoms with Gasteiger partial charge in [-0.2, -0.15) is 0 Å². The van der Waals surface area contributed by atoms with Gasteiger partial charge < -0.3 is 9.88 Å². The molecule has 1 N–H and O–H groups in total. The van der Waals surface area contributed by atoms with Crippen LogP contribution in [0, 0.1) is 6.92 Å². The first-order valence-corrected chi connectivity index (χ1v) is 8.40. The second-order valence-corrected chi connectivity index (χ2v) is 6.68. The van der Waals surface area contributed by atoms with Crippen molar-refractivity contribution >= 4 is 22.2 Å². The molecule has 3 aromatic rings.